The van der Waals surface area contributed by atoms with Gasteiger partial charge in [0.2, 0.25) is 0 Å². The van der Waals surface area contributed by atoms with Crippen molar-refractivity contribution in [3.8, 4) is 17.2 Å². The zero-order chi connectivity index (χ0) is 13.1. The minimum absolute atomic E-state index is 0.292. The largest absolute Gasteiger partial charge is 0.502 e. The van der Waals surface area contributed by atoms with E-state index >= 15 is 0 Å². The molecule has 1 N–H and O–H groups in total. The lowest BCUT2D eigenvalue weighted by molar-refractivity contribution is -0.385. The fourth-order valence-electron chi connectivity index (χ4n) is 1.39. The van der Waals surface area contributed by atoms with Crippen molar-refractivity contribution >= 4 is 17.3 Å². The number of halogens is 1. The summed E-state index contributed by atoms with van der Waals surface area (Å²) < 4.78 is 5.41. The maximum Gasteiger partial charge on any atom is 0.310 e. The van der Waals surface area contributed by atoms with E-state index in [9.17, 15) is 15.2 Å². The summed E-state index contributed by atoms with van der Waals surface area (Å²) in [5, 5.41) is 20.5. The first-order valence-electron chi connectivity index (χ1n) is 4.97. The molecule has 0 aromatic heterocycles. The Hall–Kier alpha value is -2.27. The van der Waals surface area contributed by atoms with E-state index in [-0.39, 0.29) is 5.69 Å². The molecule has 0 bridgehead atoms. The molecule has 18 heavy (non-hydrogen) atoms. The van der Waals surface area contributed by atoms with E-state index in [2.05, 4.69) is 0 Å². The van der Waals surface area contributed by atoms with E-state index in [1.54, 1.807) is 24.3 Å². The van der Waals surface area contributed by atoms with Crippen molar-refractivity contribution in [3.63, 3.8) is 0 Å². The Bertz CT molecular complexity index is 600. The topological polar surface area (TPSA) is 72.6 Å². The molecule has 0 fully saturated rings. The molecule has 0 unspecified atom stereocenters. The number of phenols is 1. The maximum atomic E-state index is 10.5. The van der Waals surface area contributed by atoms with Crippen LogP contribution in [0, 0.1) is 10.1 Å². The minimum atomic E-state index is -0.668. The predicted molar refractivity (Wildman–Crippen MR) is 66.3 cm³/mol. The fourth-order valence-corrected chi connectivity index (χ4v) is 1.57. The highest BCUT2D eigenvalue weighted by atomic mass is 35.5. The van der Waals surface area contributed by atoms with Crippen molar-refractivity contribution in [2.45, 2.75) is 0 Å². The minimum Gasteiger partial charge on any atom is -0.502 e. The van der Waals surface area contributed by atoms with Gasteiger partial charge in [0.1, 0.15) is 11.5 Å². The second kappa shape index (κ2) is 4.93. The van der Waals surface area contributed by atoms with E-state index in [0.29, 0.717) is 16.5 Å². The van der Waals surface area contributed by atoms with Gasteiger partial charge in [-0.05, 0) is 24.3 Å². The molecule has 0 radical (unpaired) electrons. The van der Waals surface area contributed by atoms with Crippen LogP contribution in [0.3, 0.4) is 0 Å². The Morgan fingerprint density at radius 1 is 1.17 bits per heavy atom. The van der Waals surface area contributed by atoms with Crippen LogP contribution in [0.1, 0.15) is 0 Å². The van der Waals surface area contributed by atoms with Gasteiger partial charge in [0.05, 0.1) is 4.92 Å². The summed E-state index contributed by atoms with van der Waals surface area (Å²) in [6, 6.07) is 10.4. The third-order valence-electron chi connectivity index (χ3n) is 2.18. The first-order valence-corrected chi connectivity index (χ1v) is 5.35. The molecule has 6 heteroatoms. The molecular formula is C12H8ClNO4. The Balaban J connectivity index is 2.25. The molecule has 2 aromatic carbocycles. The SMILES string of the molecule is O=[N+]([O-])c1ccc(Oc2cccc(Cl)c2)cc1O. The summed E-state index contributed by atoms with van der Waals surface area (Å²) in [6.07, 6.45) is 0. The summed E-state index contributed by atoms with van der Waals surface area (Å²) >= 11 is 5.79. The van der Waals surface area contributed by atoms with Crippen molar-refractivity contribution in [2.24, 2.45) is 0 Å². The number of nitrogens with zero attached hydrogens (tertiary/aromatic N) is 1. The van der Waals surface area contributed by atoms with Crippen molar-refractivity contribution < 1.29 is 14.8 Å². The van der Waals surface area contributed by atoms with Crippen molar-refractivity contribution in [3.05, 3.63) is 57.6 Å². The van der Waals surface area contributed by atoms with Crippen LogP contribution in [-0.2, 0) is 0 Å². The van der Waals surface area contributed by atoms with E-state index in [1.807, 2.05) is 0 Å². The van der Waals surface area contributed by atoms with Crippen LogP contribution in [0.4, 0.5) is 5.69 Å². The molecule has 0 saturated heterocycles. The van der Waals surface area contributed by atoms with E-state index in [0.717, 1.165) is 0 Å². The maximum absolute atomic E-state index is 10.5. The van der Waals surface area contributed by atoms with Crippen LogP contribution in [-0.4, -0.2) is 10.0 Å². The molecule has 2 aromatic rings. The molecule has 0 amide bonds. The Kier molecular flexibility index (Phi) is 3.34. The van der Waals surface area contributed by atoms with Crippen molar-refractivity contribution in [1.82, 2.24) is 0 Å². The highest BCUT2D eigenvalue weighted by molar-refractivity contribution is 6.30. The quantitative estimate of drug-likeness (QED) is 0.678. The highest BCUT2D eigenvalue weighted by Gasteiger charge is 2.13. The molecule has 0 aliphatic carbocycles. The Labute approximate surface area is 107 Å². The average Bonchev–Trinajstić information content (AvgIpc) is 2.28. The van der Waals surface area contributed by atoms with Gasteiger partial charge in [-0.2, -0.15) is 0 Å². The first-order chi connectivity index (χ1) is 8.56. The number of aromatic hydroxyl groups is 1. The summed E-state index contributed by atoms with van der Waals surface area (Å²) in [5.41, 5.74) is -0.367. The smallest absolute Gasteiger partial charge is 0.310 e. The molecule has 0 atom stereocenters. The van der Waals surface area contributed by atoms with Crippen molar-refractivity contribution in [2.75, 3.05) is 0 Å². The highest BCUT2D eigenvalue weighted by Crippen LogP contribution is 2.32. The summed E-state index contributed by atoms with van der Waals surface area (Å²) in [5.74, 6) is 0.329. The second-order valence-corrected chi connectivity index (χ2v) is 3.90. The van der Waals surface area contributed by atoms with Crippen molar-refractivity contribution in [1.29, 1.82) is 0 Å². The van der Waals surface area contributed by atoms with Gasteiger partial charge in [-0.15, -0.1) is 0 Å². The molecule has 0 heterocycles. The van der Waals surface area contributed by atoms with Gasteiger partial charge in [-0.3, -0.25) is 10.1 Å². The number of hydrogen-bond donors (Lipinski definition) is 1. The van der Waals surface area contributed by atoms with Crippen LogP contribution in [0.2, 0.25) is 5.02 Å². The third-order valence-corrected chi connectivity index (χ3v) is 2.41. The van der Waals surface area contributed by atoms with Gasteiger partial charge in [-0.25, -0.2) is 0 Å². The number of phenolic OH excluding ortho intramolecular Hbond substituents is 1. The van der Waals surface area contributed by atoms with Crippen LogP contribution < -0.4 is 4.74 Å². The van der Waals surface area contributed by atoms with Gasteiger partial charge in [-0.1, -0.05) is 17.7 Å². The van der Waals surface area contributed by atoms with Crippen LogP contribution in [0.5, 0.6) is 17.2 Å². The van der Waals surface area contributed by atoms with Crippen LogP contribution >= 0.6 is 11.6 Å². The molecule has 0 aliphatic heterocycles. The molecular weight excluding hydrogens is 258 g/mol. The fraction of sp³-hybridized carbons (Fsp3) is 0. The molecule has 92 valence electrons. The number of ether oxygens (including phenoxy) is 1. The predicted octanol–water partition coefficient (Wildman–Crippen LogP) is 3.75. The van der Waals surface area contributed by atoms with Gasteiger partial charge < -0.3 is 9.84 Å². The van der Waals surface area contributed by atoms with Crippen LogP contribution in [0.25, 0.3) is 0 Å². The summed E-state index contributed by atoms with van der Waals surface area (Å²) in [4.78, 5) is 9.86. The molecule has 0 saturated carbocycles. The van der Waals surface area contributed by atoms with Gasteiger partial charge in [0.25, 0.3) is 0 Å². The van der Waals surface area contributed by atoms with E-state index in [4.69, 9.17) is 16.3 Å². The number of nitro benzene ring substituents is 1. The normalized spacial score (nSPS) is 10.1. The standard InChI is InChI=1S/C12H8ClNO4/c13-8-2-1-3-9(6-8)18-10-4-5-11(14(16)17)12(15)7-10/h1-7,15H. The lowest BCUT2D eigenvalue weighted by atomic mass is 10.3. The number of hydrogen-bond acceptors (Lipinski definition) is 4. The zero-order valence-corrected chi connectivity index (χ0v) is 9.79. The first kappa shape index (κ1) is 12.2. The van der Waals surface area contributed by atoms with Gasteiger partial charge in [0, 0.05) is 17.2 Å². The second-order valence-electron chi connectivity index (χ2n) is 3.47. The van der Waals surface area contributed by atoms with Gasteiger partial charge in [0.15, 0.2) is 5.75 Å². The summed E-state index contributed by atoms with van der Waals surface area (Å²) in [7, 11) is 0. The summed E-state index contributed by atoms with van der Waals surface area (Å²) in [6.45, 7) is 0. The molecule has 5 nitrogen and oxygen atoms in total. The van der Waals surface area contributed by atoms with Gasteiger partial charge >= 0.3 is 5.69 Å². The Morgan fingerprint density at radius 3 is 2.50 bits per heavy atom. The Morgan fingerprint density at radius 2 is 1.89 bits per heavy atom. The lowest BCUT2D eigenvalue weighted by Crippen LogP contribution is -1.89. The zero-order valence-electron chi connectivity index (χ0n) is 9.04. The average molecular weight is 266 g/mol. The number of rotatable bonds is 3. The number of benzene rings is 2. The molecule has 0 spiro atoms. The number of nitro groups is 1. The monoisotopic (exact) mass is 265 g/mol. The molecule has 0 aliphatic rings. The lowest BCUT2D eigenvalue weighted by Gasteiger charge is -2.06. The third kappa shape index (κ3) is 2.70. The van der Waals surface area contributed by atoms with Crippen LogP contribution in [0.15, 0.2) is 42.5 Å². The van der Waals surface area contributed by atoms with E-state index in [1.165, 1.54) is 18.2 Å². The molecule has 2 rings (SSSR count). The van der Waals surface area contributed by atoms with E-state index < -0.39 is 10.7 Å².